The molecule has 3 heterocycles. The van der Waals surface area contributed by atoms with E-state index in [0.717, 1.165) is 25.2 Å². The highest BCUT2D eigenvalue weighted by Gasteiger charge is 2.31. The maximum Gasteiger partial charge on any atom is 0.244 e. The van der Waals surface area contributed by atoms with E-state index in [1.165, 1.54) is 0 Å². The first-order valence-electron chi connectivity index (χ1n) is 9.45. The fraction of sp³-hybridized carbons (Fsp3) is 0.526. The first-order valence-corrected chi connectivity index (χ1v) is 9.45. The van der Waals surface area contributed by atoms with E-state index >= 15 is 0 Å². The molecule has 0 spiro atoms. The van der Waals surface area contributed by atoms with Gasteiger partial charge in [-0.2, -0.15) is 4.98 Å². The van der Waals surface area contributed by atoms with Crippen LogP contribution >= 0.6 is 0 Å². The van der Waals surface area contributed by atoms with Crippen molar-refractivity contribution < 1.29 is 14.1 Å². The van der Waals surface area contributed by atoms with Crippen LogP contribution in [0.3, 0.4) is 0 Å². The summed E-state index contributed by atoms with van der Waals surface area (Å²) >= 11 is 0. The van der Waals surface area contributed by atoms with Crippen LogP contribution in [0.4, 0.5) is 0 Å². The van der Waals surface area contributed by atoms with E-state index in [9.17, 15) is 4.79 Å². The Balaban J connectivity index is 1.34. The fourth-order valence-electron chi connectivity index (χ4n) is 3.54. The number of nitrogens with zero attached hydrogens (tertiary/aromatic N) is 4. The molecule has 4 rings (SSSR count). The van der Waals surface area contributed by atoms with Crippen LogP contribution in [0.2, 0.25) is 0 Å². The second-order valence-electron chi connectivity index (χ2n) is 6.94. The standard InChI is InChI=1S/C19H25N5O3/c1-14(18-21-17(22-27-18)15-5-3-2-4-6-15)23-8-10-24(11-9-23)19(25)16-13-26-12-7-20-16/h2-6,14,16,20H,7-13H2,1H3. The van der Waals surface area contributed by atoms with Crippen molar-refractivity contribution in [3.63, 3.8) is 0 Å². The topological polar surface area (TPSA) is 83.7 Å². The van der Waals surface area contributed by atoms with E-state index < -0.39 is 0 Å². The summed E-state index contributed by atoms with van der Waals surface area (Å²) < 4.78 is 10.9. The first kappa shape index (κ1) is 18.1. The molecule has 1 N–H and O–H groups in total. The van der Waals surface area contributed by atoms with Crippen molar-refractivity contribution in [2.75, 3.05) is 45.9 Å². The molecule has 2 unspecified atom stereocenters. The number of carbonyl (C=O) groups excluding carboxylic acids is 1. The Morgan fingerprint density at radius 1 is 1.22 bits per heavy atom. The van der Waals surface area contributed by atoms with Crippen molar-refractivity contribution in [2.24, 2.45) is 0 Å². The van der Waals surface area contributed by atoms with Gasteiger partial charge >= 0.3 is 0 Å². The molecule has 2 fully saturated rings. The van der Waals surface area contributed by atoms with Gasteiger partial charge in [0, 0.05) is 38.3 Å². The Morgan fingerprint density at radius 3 is 2.70 bits per heavy atom. The second kappa shape index (κ2) is 8.16. The lowest BCUT2D eigenvalue weighted by atomic mass is 10.2. The van der Waals surface area contributed by atoms with Crippen molar-refractivity contribution in [1.29, 1.82) is 0 Å². The summed E-state index contributed by atoms with van der Waals surface area (Å²) in [6.45, 7) is 6.88. The van der Waals surface area contributed by atoms with Crippen LogP contribution in [0.25, 0.3) is 11.4 Å². The summed E-state index contributed by atoms with van der Waals surface area (Å²) in [6, 6.07) is 9.60. The smallest absolute Gasteiger partial charge is 0.244 e. The minimum atomic E-state index is -0.216. The minimum absolute atomic E-state index is 0.0170. The maximum atomic E-state index is 12.6. The highest BCUT2D eigenvalue weighted by Crippen LogP contribution is 2.23. The van der Waals surface area contributed by atoms with Gasteiger partial charge in [0.2, 0.25) is 17.6 Å². The highest BCUT2D eigenvalue weighted by molar-refractivity contribution is 5.82. The van der Waals surface area contributed by atoms with Crippen molar-refractivity contribution in [2.45, 2.75) is 19.0 Å². The predicted octanol–water partition coefficient (Wildman–Crippen LogP) is 0.930. The van der Waals surface area contributed by atoms with Gasteiger partial charge in [-0.15, -0.1) is 0 Å². The van der Waals surface area contributed by atoms with Crippen molar-refractivity contribution in [3.05, 3.63) is 36.2 Å². The monoisotopic (exact) mass is 371 g/mol. The number of ether oxygens (including phenoxy) is 1. The van der Waals surface area contributed by atoms with Gasteiger partial charge in [0.05, 0.1) is 19.3 Å². The van der Waals surface area contributed by atoms with Gasteiger partial charge in [0.15, 0.2) is 0 Å². The number of amides is 1. The number of morpholine rings is 1. The van der Waals surface area contributed by atoms with Crippen LogP contribution in [0.15, 0.2) is 34.9 Å². The molecule has 2 aromatic rings. The third kappa shape index (κ3) is 4.02. The largest absolute Gasteiger partial charge is 0.378 e. The summed E-state index contributed by atoms with van der Waals surface area (Å²) in [5, 5.41) is 7.34. The van der Waals surface area contributed by atoms with E-state index in [1.807, 2.05) is 35.2 Å². The molecule has 0 aliphatic carbocycles. The van der Waals surface area contributed by atoms with E-state index in [1.54, 1.807) is 0 Å². The van der Waals surface area contributed by atoms with Crippen molar-refractivity contribution >= 4 is 5.91 Å². The molecular weight excluding hydrogens is 346 g/mol. The molecule has 1 aromatic carbocycles. The molecular formula is C19H25N5O3. The average Bonchev–Trinajstić information content (AvgIpc) is 3.24. The molecule has 27 heavy (non-hydrogen) atoms. The second-order valence-corrected chi connectivity index (χ2v) is 6.94. The lowest BCUT2D eigenvalue weighted by Crippen LogP contribution is -2.57. The molecule has 8 heteroatoms. The predicted molar refractivity (Wildman–Crippen MR) is 98.9 cm³/mol. The summed E-state index contributed by atoms with van der Waals surface area (Å²) in [7, 11) is 0. The number of aromatic nitrogens is 2. The molecule has 2 aliphatic rings. The van der Waals surface area contributed by atoms with Crippen LogP contribution in [-0.4, -0.2) is 77.8 Å². The van der Waals surface area contributed by atoms with Crippen LogP contribution in [0.1, 0.15) is 18.9 Å². The van der Waals surface area contributed by atoms with E-state index in [4.69, 9.17) is 9.26 Å². The summed E-state index contributed by atoms with van der Waals surface area (Å²) in [5.74, 6) is 1.34. The number of hydrogen-bond acceptors (Lipinski definition) is 7. The lowest BCUT2D eigenvalue weighted by molar-refractivity contribution is -0.138. The highest BCUT2D eigenvalue weighted by atomic mass is 16.5. The number of piperazine rings is 1. The molecule has 144 valence electrons. The SMILES string of the molecule is CC(c1nc(-c2ccccc2)no1)N1CCN(C(=O)C2COCCN2)CC1. The molecule has 2 saturated heterocycles. The van der Waals surface area contributed by atoms with Gasteiger partial charge in [-0.05, 0) is 6.92 Å². The zero-order valence-corrected chi connectivity index (χ0v) is 15.5. The summed E-state index contributed by atoms with van der Waals surface area (Å²) in [5.41, 5.74) is 0.942. The van der Waals surface area contributed by atoms with Crippen LogP contribution in [-0.2, 0) is 9.53 Å². The van der Waals surface area contributed by atoms with Gasteiger partial charge in [-0.1, -0.05) is 35.5 Å². The molecule has 1 aromatic heterocycles. The zero-order chi connectivity index (χ0) is 18.6. The molecule has 2 atom stereocenters. The van der Waals surface area contributed by atoms with Crippen molar-refractivity contribution in [3.8, 4) is 11.4 Å². The van der Waals surface area contributed by atoms with Gasteiger partial charge in [-0.3, -0.25) is 9.69 Å². The maximum absolute atomic E-state index is 12.6. The van der Waals surface area contributed by atoms with Gasteiger partial charge in [0.25, 0.3) is 0 Å². The Hall–Kier alpha value is -2.29. The Bertz CT molecular complexity index is 752. The Morgan fingerprint density at radius 2 is 2.00 bits per heavy atom. The fourth-order valence-corrected chi connectivity index (χ4v) is 3.54. The third-order valence-electron chi connectivity index (χ3n) is 5.22. The molecule has 2 aliphatic heterocycles. The quantitative estimate of drug-likeness (QED) is 0.856. The molecule has 8 nitrogen and oxygen atoms in total. The summed E-state index contributed by atoms with van der Waals surface area (Å²) in [6.07, 6.45) is 0. The Labute approximate surface area is 158 Å². The number of rotatable bonds is 4. The van der Waals surface area contributed by atoms with E-state index in [2.05, 4.69) is 27.3 Å². The third-order valence-corrected chi connectivity index (χ3v) is 5.22. The number of hydrogen-bond donors (Lipinski definition) is 1. The van der Waals surface area contributed by atoms with Crippen LogP contribution in [0.5, 0.6) is 0 Å². The number of carbonyl (C=O) groups is 1. The molecule has 0 saturated carbocycles. The van der Waals surface area contributed by atoms with E-state index in [-0.39, 0.29) is 18.0 Å². The summed E-state index contributed by atoms with van der Waals surface area (Å²) in [4.78, 5) is 21.3. The van der Waals surface area contributed by atoms with Crippen molar-refractivity contribution in [1.82, 2.24) is 25.3 Å². The average molecular weight is 371 g/mol. The molecule has 1 amide bonds. The van der Waals surface area contributed by atoms with Gasteiger partial charge in [0.1, 0.15) is 6.04 Å². The molecule has 0 radical (unpaired) electrons. The molecule has 0 bridgehead atoms. The van der Waals surface area contributed by atoms with Crippen LogP contribution in [0, 0.1) is 0 Å². The van der Waals surface area contributed by atoms with Gasteiger partial charge in [-0.25, -0.2) is 0 Å². The lowest BCUT2D eigenvalue weighted by Gasteiger charge is -2.38. The Kier molecular flexibility index (Phi) is 5.47. The van der Waals surface area contributed by atoms with Crippen LogP contribution < -0.4 is 5.32 Å². The normalized spacial score (nSPS) is 22.6. The minimum Gasteiger partial charge on any atom is -0.378 e. The first-order chi connectivity index (χ1) is 13.2. The van der Waals surface area contributed by atoms with E-state index in [0.29, 0.717) is 38.0 Å². The zero-order valence-electron chi connectivity index (χ0n) is 15.5. The number of benzene rings is 1. The number of nitrogens with one attached hydrogen (secondary N) is 1. The van der Waals surface area contributed by atoms with Gasteiger partial charge < -0.3 is 19.5 Å².